The van der Waals surface area contributed by atoms with E-state index >= 15 is 0 Å². The van der Waals surface area contributed by atoms with Crippen molar-refractivity contribution in [3.05, 3.63) is 23.3 Å². The Morgan fingerprint density at radius 3 is 2.71 bits per heavy atom. The zero-order chi connectivity index (χ0) is 20.3. The third-order valence-corrected chi connectivity index (χ3v) is 6.45. The lowest BCUT2D eigenvalue weighted by molar-refractivity contribution is 0.127. The zero-order valence-electron chi connectivity index (χ0n) is 17.0. The topological polar surface area (TPSA) is 103 Å². The van der Waals surface area contributed by atoms with Gasteiger partial charge in [-0.15, -0.1) is 0 Å². The Morgan fingerprint density at radius 2 is 2.11 bits per heavy atom. The van der Waals surface area contributed by atoms with Gasteiger partial charge in [0.1, 0.15) is 11.4 Å². The SMILES string of the molecule is Cc1nonc1CN(C)Cc1cnc(S(=O)(=O)CC2CCCO2)n1CC(C)C. The Kier molecular flexibility index (Phi) is 6.51. The highest BCUT2D eigenvalue weighted by Gasteiger charge is 2.29. The summed E-state index contributed by atoms with van der Waals surface area (Å²) in [6, 6.07) is 0. The summed E-state index contributed by atoms with van der Waals surface area (Å²) in [4.78, 5) is 6.34. The summed E-state index contributed by atoms with van der Waals surface area (Å²) in [5.41, 5.74) is 2.38. The van der Waals surface area contributed by atoms with E-state index in [2.05, 4.69) is 29.1 Å². The number of imidazole rings is 1. The molecule has 1 aliphatic rings. The van der Waals surface area contributed by atoms with Crippen molar-refractivity contribution in [2.75, 3.05) is 19.4 Å². The molecule has 0 saturated carbocycles. The number of aromatic nitrogens is 4. The molecule has 0 aliphatic carbocycles. The molecule has 1 unspecified atom stereocenters. The van der Waals surface area contributed by atoms with E-state index in [-0.39, 0.29) is 22.9 Å². The van der Waals surface area contributed by atoms with Gasteiger partial charge in [-0.2, -0.15) is 0 Å². The summed E-state index contributed by atoms with van der Waals surface area (Å²) in [6.07, 6.45) is 3.12. The highest BCUT2D eigenvalue weighted by atomic mass is 32.2. The lowest BCUT2D eigenvalue weighted by Crippen LogP contribution is -2.26. The van der Waals surface area contributed by atoms with Gasteiger partial charge in [-0.3, -0.25) is 4.90 Å². The van der Waals surface area contributed by atoms with E-state index in [1.807, 2.05) is 23.4 Å². The maximum absolute atomic E-state index is 13.0. The van der Waals surface area contributed by atoms with Crippen molar-refractivity contribution in [1.82, 2.24) is 24.8 Å². The number of rotatable bonds is 9. The van der Waals surface area contributed by atoms with Crippen LogP contribution in [0.1, 0.15) is 43.8 Å². The maximum Gasteiger partial charge on any atom is 0.227 e. The van der Waals surface area contributed by atoms with Crippen molar-refractivity contribution >= 4 is 9.84 Å². The smallest absolute Gasteiger partial charge is 0.227 e. The number of hydrogen-bond donors (Lipinski definition) is 0. The van der Waals surface area contributed by atoms with Crippen molar-refractivity contribution < 1.29 is 17.8 Å². The molecule has 28 heavy (non-hydrogen) atoms. The minimum atomic E-state index is -3.52. The first kappa shape index (κ1) is 20.9. The number of hydrogen-bond acceptors (Lipinski definition) is 8. The minimum absolute atomic E-state index is 0.0127. The first-order valence-corrected chi connectivity index (χ1v) is 11.3. The van der Waals surface area contributed by atoms with Gasteiger partial charge >= 0.3 is 0 Å². The maximum atomic E-state index is 13.0. The van der Waals surface area contributed by atoms with Gasteiger partial charge in [0.2, 0.25) is 15.0 Å². The predicted molar refractivity (Wildman–Crippen MR) is 102 cm³/mol. The standard InChI is InChI=1S/C18H29N5O4S/c1-13(2)9-23-15(10-22(4)11-17-14(3)20-27-21-17)8-19-18(23)28(24,25)12-16-6-5-7-26-16/h8,13,16H,5-7,9-12H2,1-4H3. The van der Waals surface area contributed by atoms with Crippen LogP contribution in [0.2, 0.25) is 0 Å². The molecule has 1 saturated heterocycles. The van der Waals surface area contributed by atoms with Crippen LogP contribution in [0.15, 0.2) is 16.0 Å². The quantitative estimate of drug-likeness (QED) is 0.615. The van der Waals surface area contributed by atoms with Gasteiger partial charge in [0.05, 0.1) is 23.7 Å². The van der Waals surface area contributed by atoms with Crippen LogP contribution in [-0.2, 0) is 34.2 Å². The highest BCUT2D eigenvalue weighted by molar-refractivity contribution is 7.91. The molecule has 3 rings (SSSR count). The second-order valence-electron chi connectivity index (χ2n) is 7.92. The van der Waals surface area contributed by atoms with Gasteiger partial charge < -0.3 is 9.30 Å². The Bertz CT molecular complexity index is 884. The number of ether oxygens (including phenoxy) is 1. The normalized spacial score (nSPS) is 17.9. The summed E-state index contributed by atoms with van der Waals surface area (Å²) < 4.78 is 38.1. The molecule has 0 bridgehead atoms. The van der Waals surface area contributed by atoms with Crippen molar-refractivity contribution in [2.45, 2.75) is 64.5 Å². The molecule has 2 aromatic rings. The molecule has 156 valence electrons. The number of aryl methyl sites for hydroxylation is 1. The molecule has 1 atom stereocenters. The monoisotopic (exact) mass is 411 g/mol. The Balaban J connectivity index is 1.80. The van der Waals surface area contributed by atoms with Crippen molar-refractivity contribution in [3.63, 3.8) is 0 Å². The molecule has 1 fully saturated rings. The average molecular weight is 412 g/mol. The predicted octanol–water partition coefficient (Wildman–Crippen LogP) is 1.82. The second-order valence-corrected chi connectivity index (χ2v) is 9.85. The van der Waals surface area contributed by atoms with Crippen LogP contribution in [0.25, 0.3) is 0 Å². The van der Waals surface area contributed by atoms with E-state index in [4.69, 9.17) is 9.37 Å². The Labute approximate surface area is 166 Å². The van der Waals surface area contributed by atoms with Gasteiger partial charge in [0.15, 0.2) is 0 Å². The third-order valence-electron chi connectivity index (χ3n) is 4.75. The van der Waals surface area contributed by atoms with Crippen LogP contribution in [-0.4, -0.2) is 58.7 Å². The summed E-state index contributed by atoms with van der Waals surface area (Å²) >= 11 is 0. The Morgan fingerprint density at radius 1 is 1.32 bits per heavy atom. The van der Waals surface area contributed by atoms with Gasteiger partial charge in [-0.25, -0.2) is 18.0 Å². The van der Waals surface area contributed by atoms with Crippen LogP contribution in [0.3, 0.4) is 0 Å². The van der Waals surface area contributed by atoms with Crippen LogP contribution in [0.4, 0.5) is 0 Å². The third kappa shape index (κ3) is 4.98. The summed E-state index contributed by atoms with van der Waals surface area (Å²) in [7, 11) is -1.57. The fourth-order valence-corrected chi connectivity index (χ4v) is 5.05. The molecular formula is C18H29N5O4S. The molecule has 0 spiro atoms. The van der Waals surface area contributed by atoms with Crippen LogP contribution in [0.5, 0.6) is 0 Å². The molecular weight excluding hydrogens is 382 g/mol. The summed E-state index contributed by atoms with van der Waals surface area (Å²) in [5, 5.41) is 7.85. The second kappa shape index (κ2) is 8.71. The largest absolute Gasteiger partial charge is 0.377 e. The molecule has 3 heterocycles. The van der Waals surface area contributed by atoms with Crippen LogP contribution in [0, 0.1) is 12.8 Å². The summed E-state index contributed by atoms with van der Waals surface area (Å²) in [5.74, 6) is 0.276. The van der Waals surface area contributed by atoms with E-state index in [0.717, 1.165) is 29.9 Å². The lowest BCUT2D eigenvalue weighted by atomic mass is 10.2. The lowest BCUT2D eigenvalue weighted by Gasteiger charge is -2.19. The number of nitrogens with zero attached hydrogens (tertiary/aromatic N) is 5. The van der Waals surface area contributed by atoms with Gasteiger partial charge in [0.25, 0.3) is 0 Å². The van der Waals surface area contributed by atoms with Gasteiger partial charge in [-0.05, 0) is 32.7 Å². The van der Waals surface area contributed by atoms with E-state index < -0.39 is 9.84 Å². The van der Waals surface area contributed by atoms with Crippen LogP contribution < -0.4 is 0 Å². The molecule has 9 nitrogen and oxygen atoms in total. The molecule has 2 aromatic heterocycles. The zero-order valence-corrected chi connectivity index (χ0v) is 17.8. The van der Waals surface area contributed by atoms with Crippen molar-refractivity contribution in [2.24, 2.45) is 5.92 Å². The van der Waals surface area contributed by atoms with E-state index in [1.165, 1.54) is 0 Å². The highest BCUT2D eigenvalue weighted by Crippen LogP contribution is 2.21. The van der Waals surface area contributed by atoms with Crippen molar-refractivity contribution in [1.29, 1.82) is 0 Å². The van der Waals surface area contributed by atoms with Crippen LogP contribution >= 0.6 is 0 Å². The average Bonchev–Trinajstić information content (AvgIpc) is 3.32. The first-order valence-electron chi connectivity index (χ1n) is 9.61. The molecule has 10 heteroatoms. The van der Waals surface area contributed by atoms with E-state index in [9.17, 15) is 8.42 Å². The molecule has 0 radical (unpaired) electrons. The molecule has 0 N–H and O–H groups in total. The van der Waals surface area contributed by atoms with E-state index in [1.54, 1.807) is 6.20 Å². The first-order chi connectivity index (χ1) is 13.3. The Hall–Kier alpha value is -1.78. The van der Waals surface area contributed by atoms with Gasteiger partial charge in [0, 0.05) is 26.2 Å². The molecule has 0 amide bonds. The molecule has 1 aliphatic heterocycles. The fourth-order valence-electron chi connectivity index (χ4n) is 3.40. The van der Waals surface area contributed by atoms with E-state index in [0.29, 0.717) is 26.2 Å². The number of sulfone groups is 1. The van der Waals surface area contributed by atoms with Crippen molar-refractivity contribution in [3.8, 4) is 0 Å². The summed E-state index contributed by atoms with van der Waals surface area (Å²) in [6.45, 7) is 8.30. The minimum Gasteiger partial charge on any atom is -0.377 e. The fraction of sp³-hybridized carbons (Fsp3) is 0.722. The van der Waals surface area contributed by atoms with Gasteiger partial charge in [-0.1, -0.05) is 24.2 Å². The molecule has 0 aromatic carbocycles.